The van der Waals surface area contributed by atoms with Crippen molar-refractivity contribution in [1.29, 1.82) is 10.5 Å². The number of aromatic nitrogens is 2. The number of ether oxygens (including phenoxy) is 2. The molecule has 0 aliphatic heterocycles. The molecule has 158 valence electrons. The van der Waals surface area contributed by atoms with Gasteiger partial charge in [0.1, 0.15) is 19.4 Å². The molecule has 1 N–H and O–H groups in total. The summed E-state index contributed by atoms with van der Waals surface area (Å²) >= 11 is 0. The van der Waals surface area contributed by atoms with Crippen LogP contribution in [0.5, 0.6) is 0 Å². The van der Waals surface area contributed by atoms with Crippen molar-refractivity contribution in [3.05, 3.63) is 45.8 Å². The second kappa shape index (κ2) is 10.1. The van der Waals surface area contributed by atoms with Gasteiger partial charge >= 0.3 is 17.6 Å². The van der Waals surface area contributed by atoms with E-state index in [1.165, 1.54) is 18.2 Å². The number of nitriles is 2. The summed E-state index contributed by atoms with van der Waals surface area (Å²) in [7, 11) is 2.31. The molecule has 13 nitrogen and oxygen atoms in total. The highest BCUT2D eigenvalue weighted by Crippen LogP contribution is 2.33. The van der Waals surface area contributed by atoms with Gasteiger partial charge in [-0.2, -0.15) is 10.5 Å². The van der Waals surface area contributed by atoms with E-state index in [9.17, 15) is 19.7 Å². The predicted octanol–water partition coefficient (Wildman–Crippen LogP) is 1.56. The van der Waals surface area contributed by atoms with Gasteiger partial charge in [-0.3, -0.25) is 10.1 Å². The summed E-state index contributed by atoms with van der Waals surface area (Å²) in [6.45, 7) is -0.648. The average molecular weight is 425 g/mol. The van der Waals surface area contributed by atoms with E-state index in [4.69, 9.17) is 10.5 Å². The number of methoxy groups -OCH3 is 2. The van der Waals surface area contributed by atoms with Crippen molar-refractivity contribution in [2.45, 2.75) is 0 Å². The van der Waals surface area contributed by atoms with Crippen molar-refractivity contribution >= 4 is 34.9 Å². The lowest BCUT2D eigenvalue weighted by Crippen LogP contribution is -2.26. The molecule has 13 heteroatoms. The van der Waals surface area contributed by atoms with E-state index in [1.807, 2.05) is 12.1 Å². The Hall–Kier alpha value is -4.78. The third-order valence-electron chi connectivity index (χ3n) is 3.85. The number of hydrogen-bond donors (Lipinski definition) is 1. The topological polar surface area (TPSA) is 184 Å². The van der Waals surface area contributed by atoms with E-state index in [0.29, 0.717) is 0 Å². The minimum Gasteiger partial charge on any atom is -0.465 e. The summed E-state index contributed by atoms with van der Waals surface area (Å²) in [5.74, 6) is -2.03. The van der Waals surface area contributed by atoms with Crippen LogP contribution in [0.3, 0.4) is 0 Å². The maximum absolute atomic E-state index is 11.9. The largest absolute Gasteiger partial charge is 0.465 e. The first-order valence-electron chi connectivity index (χ1n) is 8.43. The Morgan fingerprint density at radius 1 is 1.10 bits per heavy atom. The van der Waals surface area contributed by atoms with Gasteiger partial charge in [-0.05, 0) is 18.2 Å². The number of rotatable bonds is 8. The first kappa shape index (κ1) is 22.5. The van der Waals surface area contributed by atoms with Crippen LogP contribution in [0.25, 0.3) is 0 Å². The zero-order valence-corrected chi connectivity index (χ0v) is 16.4. The highest BCUT2D eigenvalue weighted by atomic mass is 16.6. The molecule has 0 fully saturated rings. The molecule has 2 aromatic rings. The van der Waals surface area contributed by atoms with E-state index >= 15 is 0 Å². The number of hydrogen-bond acceptors (Lipinski definition) is 12. The van der Waals surface area contributed by atoms with Gasteiger partial charge in [0.15, 0.2) is 0 Å². The second-order valence-corrected chi connectivity index (χ2v) is 5.73. The van der Waals surface area contributed by atoms with Gasteiger partial charge in [0.05, 0.1) is 42.4 Å². The molecule has 1 aromatic carbocycles. The van der Waals surface area contributed by atoms with E-state index in [2.05, 4.69) is 24.8 Å². The smallest absolute Gasteiger partial charge is 0.353 e. The average Bonchev–Trinajstić information content (AvgIpc) is 2.77. The van der Waals surface area contributed by atoms with Crippen LogP contribution in [-0.2, 0) is 9.47 Å². The van der Waals surface area contributed by atoms with Gasteiger partial charge in [-0.25, -0.2) is 19.6 Å². The first-order valence-corrected chi connectivity index (χ1v) is 8.43. The maximum atomic E-state index is 11.9. The molecular formula is C18H15N7O6. The van der Waals surface area contributed by atoms with Crippen LogP contribution in [0.15, 0.2) is 24.5 Å². The lowest BCUT2D eigenvalue weighted by atomic mass is 10.1. The van der Waals surface area contributed by atoms with Crippen molar-refractivity contribution in [2.75, 3.05) is 37.5 Å². The summed E-state index contributed by atoms with van der Waals surface area (Å²) in [5.41, 5.74) is -0.528. The third kappa shape index (κ3) is 5.18. The lowest BCUT2D eigenvalue weighted by molar-refractivity contribution is -0.383. The van der Waals surface area contributed by atoms with Gasteiger partial charge < -0.3 is 19.7 Å². The van der Waals surface area contributed by atoms with Crippen molar-refractivity contribution in [3.63, 3.8) is 0 Å². The molecule has 31 heavy (non-hydrogen) atoms. The monoisotopic (exact) mass is 425 g/mol. The number of esters is 2. The molecular weight excluding hydrogens is 410 g/mol. The fraction of sp³-hybridized carbons (Fsp3) is 0.222. The van der Waals surface area contributed by atoms with Crippen molar-refractivity contribution < 1.29 is 24.0 Å². The Kier molecular flexibility index (Phi) is 7.35. The minimum atomic E-state index is -0.773. The molecule has 0 spiro atoms. The maximum Gasteiger partial charge on any atom is 0.353 e. The summed E-state index contributed by atoms with van der Waals surface area (Å²) in [4.78, 5) is 43.6. The fourth-order valence-corrected chi connectivity index (χ4v) is 2.54. The van der Waals surface area contributed by atoms with Gasteiger partial charge in [0.2, 0.25) is 11.6 Å². The van der Waals surface area contributed by atoms with Gasteiger partial charge in [0.25, 0.3) is 0 Å². The van der Waals surface area contributed by atoms with Crippen LogP contribution >= 0.6 is 0 Å². The summed E-state index contributed by atoms with van der Waals surface area (Å²) in [5, 5.41) is 32.3. The van der Waals surface area contributed by atoms with E-state index in [-0.39, 0.29) is 41.5 Å². The van der Waals surface area contributed by atoms with Crippen LogP contribution in [0, 0.1) is 32.8 Å². The van der Waals surface area contributed by atoms with E-state index in [1.54, 1.807) is 0 Å². The van der Waals surface area contributed by atoms with E-state index in [0.717, 1.165) is 25.4 Å². The highest BCUT2D eigenvalue weighted by molar-refractivity contribution is 5.97. The molecule has 0 aliphatic rings. The number of nitrogens with one attached hydrogen (secondary N) is 1. The summed E-state index contributed by atoms with van der Waals surface area (Å²) in [6, 6.07) is 7.45. The van der Waals surface area contributed by atoms with Crippen LogP contribution in [0.4, 0.5) is 23.0 Å². The number of benzene rings is 1. The molecule has 0 bridgehead atoms. The first-order chi connectivity index (χ1) is 14.9. The summed E-state index contributed by atoms with van der Waals surface area (Å²) < 4.78 is 9.31. The third-order valence-corrected chi connectivity index (χ3v) is 3.85. The predicted molar refractivity (Wildman–Crippen MR) is 105 cm³/mol. The number of nitrogens with zero attached hydrogens (tertiary/aromatic N) is 6. The molecule has 0 radical (unpaired) electrons. The quantitative estimate of drug-likeness (QED) is 0.279. The SMILES string of the molecule is COC(=O)c1cc(Nc2ncnc(N(CC#N)CC#N)c2[N+](=O)[O-])cc(C(=O)OC)c1. The van der Waals surface area contributed by atoms with Gasteiger partial charge in [-0.15, -0.1) is 0 Å². The number of carbonyl (C=O) groups is 2. The zero-order valence-electron chi connectivity index (χ0n) is 16.4. The Labute approximate surface area is 175 Å². The molecule has 0 aliphatic carbocycles. The number of nitro groups is 1. The van der Waals surface area contributed by atoms with Crippen LogP contribution in [0.2, 0.25) is 0 Å². The minimum absolute atomic E-state index is 0.0135. The fourth-order valence-electron chi connectivity index (χ4n) is 2.54. The van der Waals surface area contributed by atoms with Crippen molar-refractivity contribution in [1.82, 2.24) is 9.97 Å². The van der Waals surface area contributed by atoms with E-state index < -0.39 is 22.5 Å². The van der Waals surface area contributed by atoms with Crippen LogP contribution in [-0.4, -0.2) is 54.1 Å². The molecule has 0 atom stereocenters. The zero-order chi connectivity index (χ0) is 23.0. The van der Waals surface area contributed by atoms with Crippen molar-refractivity contribution in [3.8, 4) is 12.1 Å². The highest BCUT2D eigenvalue weighted by Gasteiger charge is 2.27. The molecule has 0 unspecified atom stereocenters. The molecule has 0 saturated heterocycles. The van der Waals surface area contributed by atoms with Gasteiger partial charge in [0, 0.05) is 5.69 Å². The van der Waals surface area contributed by atoms with Gasteiger partial charge in [-0.1, -0.05) is 0 Å². The Morgan fingerprint density at radius 3 is 2.10 bits per heavy atom. The summed E-state index contributed by atoms with van der Waals surface area (Å²) in [6.07, 6.45) is 1.01. The second-order valence-electron chi connectivity index (χ2n) is 5.73. The van der Waals surface area contributed by atoms with Crippen LogP contribution in [0.1, 0.15) is 20.7 Å². The Morgan fingerprint density at radius 2 is 1.65 bits per heavy atom. The molecule has 1 aromatic heterocycles. The van der Waals surface area contributed by atoms with Crippen molar-refractivity contribution in [2.24, 2.45) is 0 Å². The van der Waals surface area contributed by atoms with Crippen LogP contribution < -0.4 is 10.2 Å². The normalized spacial score (nSPS) is 9.68. The lowest BCUT2D eigenvalue weighted by Gasteiger charge is -2.17. The number of carbonyl (C=O) groups excluding carboxylic acids is 2. The molecule has 1 heterocycles. The Bertz CT molecular complexity index is 1060. The number of anilines is 3. The Balaban J connectivity index is 2.60. The molecule has 0 saturated carbocycles. The standard InChI is InChI=1S/C18H15N7O6/c1-30-17(26)11-7-12(18(27)31-2)9-13(8-11)23-15-14(25(28)29)16(22-10-21-15)24(5-3-19)6-4-20/h7-10H,5-6H2,1-2H3,(H,21,22,23). The molecule has 0 amide bonds. The molecule has 2 rings (SSSR count).